The highest BCUT2D eigenvalue weighted by molar-refractivity contribution is 6.01. The van der Waals surface area contributed by atoms with Gasteiger partial charge in [0.05, 0.1) is 12.2 Å². The number of rotatable bonds is 3. The van der Waals surface area contributed by atoms with Crippen LogP contribution in [-0.2, 0) is 17.7 Å². The molecule has 4 heteroatoms. The third kappa shape index (κ3) is 2.84. The Hall–Kier alpha value is -1.81. The minimum absolute atomic E-state index is 0.0872. The van der Waals surface area contributed by atoms with Crippen LogP contribution in [0.3, 0.4) is 0 Å². The zero-order valence-corrected chi connectivity index (χ0v) is 15.4. The van der Waals surface area contributed by atoms with Crippen molar-refractivity contribution in [1.82, 2.24) is 9.47 Å². The molecule has 2 aromatic rings. The molecule has 0 bridgehead atoms. The van der Waals surface area contributed by atoms with Crippen LogP contribution >= 0.6 is 0 Å². The molecule has 2 atom stereocenters. The zero-order valence-electron chi connectivity index (χ0n) is 15.4. The van der Waals surface area contributed by atoms with Crippen LogP contribution in [-0.4, -0.2) is 40.7 Å². The molecule has 2 unspecified atom stereocenters. The third-order valence-electron chi connectivity index (χ3n) is 5.01. The van der Waals surface area contributed by atoms with Gasteiger partial charge >= 0.3 is 0 Å². The van der Waals surface area contributed by atoms with Gasteiger partial charge in [-0.2, -0.15) is 0 Å². The normalized spacial score (nSPS) is 21.5. The average molecular weight is 328 g/mol. The summed E-state index contributed by atoms with van der Waals surface area (Å²) in [6.45, 7) is 12.5. The Bertz CT molecular complexity index is 753. The monoisotopic (exact) mass is 328 g/mol. The number of morpholine rings is 1. The van der Waals surface area contributed by atoms with Crippen molar-refractivity contribution in [3.8, 4) is 0 Å². The van der Waals surface area contributed by atoms with Crippen LogP contribution in [0.4, 0.5) is 0 Å². The summed E-state index contributed by atoms with van der Waals surface area (Å²) in [5.74, 6) is 0.130. The summed E-state index contributed by atoms with van der Waals surface area (Å²) in [6, 6.07) is 6.56. The van der Waals surface area contributed by atoms with E-state index in [0.717, 1.165) is 29.7 Å². The molecule has 1 saturated heterocycles. The van der Waals surface area contributed by atoms with Crippen molar-refractivity contribution in [3.05, 3.63) is 35.0 Å². The summed E-state index contributed by atoms with van der Waals surface area (Å²) in [7, 11) is 0. The third-order valence-corrected chi connectivity index (χ3v) is 5.01. The molecule has 0 saturated carbocycles. The predicted octanol–water partition coefficient (Wildman–Crippen LogP) is 3.78. The van der Waals surface area contributed by atoms with Crippen LogP contribution < -0.4 is 0 Å². The average Bonchev–Trinajstić information content (AvgIpc) is 2.84. The topological polar surface area (TPSA) is 34.5 Å². The highest BCUT2D eigenvalue weighted by atomic mass is 16.5. The Balaban J connectivity index is 2.07. The smallest absolute Gasteiger partial charge is 0.270 e. The first-order valence-corrected chi connectivity index (χ1v) is 9.02. The minimum Gasteiger partial charge on any atom is -0.372 e. The van der Waals surface area contributed by atoms with Crippen LogP contribution in [0, 0.1) is 6.92 Å². The van der Waals surface area contributed by atoms with Gasteiger partial charge in [-0.25, -0.2) is 0 Å². The number of aryl methyl sites for hydroxylation is 3. The maximum atomic E-state index is 13.3. The van der Waals surface area contributed by atoms with Crippen LogP contribution in [0.25, 0.3) is 10.9 Å². The molecule has 1 aromatic heterocycles. The fraction of sp³-hybridized carbons (Fsp3) is 0.550. The summed E-state index contributed by atoms with van der Waals surface area (Å²) >= 11 is 0. The van der Waals surface area contributed by atoms with Crippen molar-refractivity contribution in [2.75, 3.05) is 13.1 Å². The Labute approximate surface area is 144 Å². The molecule has 0 spiro atoms. The van der Waals surface area contributed by atoms with Gasteiger partial charge in [0, 0.05) is 30.5 Å². The number of fused-ring (bicyclic) bond motifs is 1. The zero-order chi connectivity index (χ0) is 17.4. The van der Waals surface area contributed by atoms with E-state index in [-0.39, 0.29) is 18.1 Å². The lowest BCUT2D eigenvalue weighted by molar-refractivity contribution is -0.0588. The van der Waals surface area contributed by atoms with Crippen LogP contribution in [0.2, 0.25) is 0 Å². The highest BCUT2D eigenvalue weighted by Crippen LogP contribution is 2.28. The number of nitrogens with zero attached hydrogens (tertiary/aromatic N) is 2. The van der Waals surface area contributed by atoms with Gasteiger partial charge in [0.1, 0.15) is 5.69 Å². The highest BCUT2D eigenvalue weighted by Gasteiger charge is 2.30. The van der Waals surface area contributed by atoms with E-state index in [1.165, 1.54) is 10.9 Å². The number of carbonyl (C=O) groups is 1. The van der Waals surface area contributed by atoms with Gasteiger partial charge in [0.25, 0.3) is 5.91 Å². The largest absolute Gasteiger partial charge is 0.372 e. The van der Waals surface area contributed by atoms with E-state index >= 15 is 0 Å². The molecule has 0 radical (unpaired) electrons. The second-order valence-corrected chi connectivity index (χ2v) is 6.89. The SMILES string of the molecule is CCc1ccc2c(c1)c(C)c(C(=O)N1CC(C)OC(C)C1)n2CC. The number of aromatic nitrogens is 1. The molecule has 0 aliphatic carbocycles. The lowest BCUT2D eigenvalue weighted by Gasteiger charge is -2.35. The van der Waals surface area contributed by atoms with Crippen molar-refractivity contribution in [1.29, 1.82) is 0 Å². The van der Waals surface area contributed by atoms with Crippen molar-refractivity contribution in [2.24, 2.45) is 0 Å². The molecule has 2 heterocycles. The summed E-state index contributed by atoms with van der Waals surface area (Å²) in [4.78, 5) is 15.2. The number of carbonyl (C=O) groups excluding carboxylic acids is 1. The Kier molecular flexibility index (Phi) is 4.68. The van der Waals surface area contributed by atoms with Gasteiger partial charge in [-0.3, -0.25) is 4.79 Å². The Morgan fingerprint density at radius 3 is 2.46 bits per heavy atom. The number of ether oxygens (including phenoxy) is 1. The first-order valence-electron chi connectivity index (χ1n) is 9.02. The fourth-order valence-electron chi connectivity index (χ4n) is 3.89. The van der Waals surface area contributed by atoms with E-state index in [4.69, 9.17) is 4.74 Å². The summed E-state index contributed by atoms with van der Waals surface area (Å²) in [5, 5.41) is 1.20. The minimum atomic E-state index is 0.0872. The van der Waals surface area contributed by atoms with Crippen LogP contribution in [0.15, 0.2) is 18.2 Å². The van der Waals surface area contributed by atoms with Crippen molar-refractivity contribution in [2.45, 2.75) is 59.8 Å². The van der Waals surface area contributed by atoms with Crippen molar-refractivity contribution in [3.63, 3.8) is 0 Å². The first kappa shape index (κ1) is 17.0. The maximum absolute atomic E-state index is 13.3. The van der Waals surface area contributed by atoms with Crippen LogP contribution in [0.1, 0.15) is 49.3 Å². The second-order valence-electron chi connectivity index (χ2n) is 6.89. The molecular weight excluding hydrogens is 300 g/mol. The number of benzene rings is 1. The van der Waals surface area contributed by atoms with Gasteiger partial charge in [-0.15, -0.1) is 0 Å². The maximum Gasteiger partial charge on any atom is 0.270 e. The predicted molar refractivity (Wildman–Crippen MR) is 97.6 cm³/mol. The number of hydrogen-bond donors (Lipinski definition) is 0. The summed E-state index contributed by atoms with van der Waals surface area (Å²) < 4.78 is 7.94. The molecule has 1 aliphatic rings. The lowest BCUT2D eigenvalue weighted by atomic mass is 10.1. The first-order chi connectivity index (χ1) is 11.5. The van der Waals surface area contributed by atoms with E-state index in [0.29, 0.717) is 13.1 Å². The molecule has 3 rings (SSSR count). The van der Waals surface area contributed by atoms with Gasteiger partial charge in [0.15, 0.2) is 0 Å². The van der Waals surface area contributed by atoms with Gasteiger partial charge in [0.2, 0.25) is 0 Å². The van der Waals surface area contributed by atoms with E-state index in [9.17, 15) is 4.79 Å². The van der Waals surface area contributed by atoms with E-state index in [2.05, 4.69) is 43.5 Å². The summed E-state index contributed by atoms with van der Waals surface area (Å²) in [6.07, 6.45) is 1.18. The molecule has 4 nitrogen and oxygen atoms in total. The van der Waals surface area contributed by atoms with Crippen molar-refractivity contribution < 1.29 is 9.53 Å². The molecular formula is C20H28N2O2. The fourth-order valence-corrected chi connectivity index (χ4v) is 3.89. The van der Waals surface area contributed by atoms with E-state index in [1.807, 2.05) is 18.7 Å². The Morgan fingerprint density at radius 2 is 1.88 bits per heavy atom. The number of hydrogen-bond acceptors (Lipinski definition) is 2. The van der Waals surface area contributed by atoms with Gasteiger partial charge in [-0.05, 0) is 57.4 Å². The molecule has 1 fully saturated rings. The Morgan fingerprint density at radius 1 is 1.21 bits per heavy atom. The summed E-state index contributed by atoms with van der Waals surface area (Å²) in [5.41, 5.74) is 4.40. The van der Waals surface area contributed by atoms with Crippen LogP contribution in [0.5, 0.6) is 0 Å². The van der Waals surface area contributed by atoms with E-state index < -0.39 is 0 Å². The standard InChI is InChI=1S/C20H28N2O2/c1-6-16-8-9-18-17(10-16)15(5)19(22(18)7-2)20(23)21-11-13(3)24-14(4)12-21/h8-10,13-14H,6-7,11-12H2,1-5H3. The molecule has 130 valence electrons. The van der Waals surface area contributed by atoms with Gasteiger partial charge < -0.3 is 14.2 Å². The second kappa shape index (κ2) is 6.60. The molecule has 24 heavy (non-hydrogen) atoms. The molecule has 1 amide bonds. The number of amides is 1. The van der Waals surface area contributed by atoms with Gasteiger partial charge in [-0.1, -0.05) is 13.0 Å². The molecule has 0 N–H and O–H groups in total. The quantitative estimate of drug-likeness (QED) is 0.859. The molecule has 1 aliphatic heterocycles. The molecule has 1 aromatic carbocycles. The van der Waals surface area contributed by atoms with E-state index in [1.54, 1.807) is 0 Å². The van der Waals surface area contributed by atoms with Crippen molar-refractivity contribution >= 4 is 16.8 Å². The lowest BCUT2D eigenvalue weighted by Crippen LogP contribution is -2.48.